The molecule has 3 aromatic carbocycles. The number of nitrogens with one attached hydrogen (secondary N) is 3. The topological polar surface area (TPSA) is 151 Å². The summed E-state index contributed by atoms with van der Waals surface area (Å²) in [6, 6.07) is 17.6. The maximum Gasteiger partial charge on any atom is 0.335 e. The maximum atomic E-state index is 13.3. The van der Waals surface area contributed by atoms with E-state index in [0.29, 0.717) is 18.8 Å². The van der Waals surface area contributed by atoms with E-state index >= 15 is 0 Å². The molecular weight excluding hydrogens is 488 g/mol. The second-order valence-corrected chi connectivity index (χ2v) is 9.30. The highest BCUT2D eigenvalue weighted by Crippen LogP contribution is 2.18. The molecule has 198 valence electrons. The first-order valence-electron chi connectivity index (χ1n) is 12.2. The lowest BCUT2D eigenvalue weighted by Gasteiger charge is -2.22. The maximum absolute atomic E-state index is 13.3. The number of carboxylic acids is 1. The summed E-state index contributed by atoms with van der Waals surface area (Å²) in [7, 11) is 0. The second kappa shape index (κ2) is 12.1. The lowest BCUT2D eigenvalue weighted by atomic mass is 10.0. The van der Waals surface area contributed by atoms with Crippen molar-refractivity contribution >= 4 is 23.6 Å². The van der Waals surface area contributed by atoms with Gasteiger partial charge in [0.1, 0.15) is 17.5 Å². The van der Waals surface area contributed by atoms with Gasteiger partial charge in [-0.05, 0) is 66.1 Å². The molecular formula is C28H30N4O6. The number of carbonyl (C=O) groups excluding carboxylic acids is 2. The summed E-state index contributed by atoms with van der Waals surface area (Å²) in [5, 5.41) is 36.7. The Morgan fingerprint density at radius 2 is 1.66 bits per heavy atom. The van der Waals surface area contributed by atoms with Crippen LogP contribution in [0.3, 0.4) is 0 Å². The van der Waals surface area contributed by atoms with Crippen molar-refractivity contribution in [2.45, 2.75) is 31.5 Å². The first-order valence-corrected chi connectivity index (χ1v) is 12.2. The number of anilines is 1. The van der Waals surface area contributed by atoms with Crippen LogP contribution in [-0.4, -0.2) is 63.3 Å². The van der Waals surface area contributed by atoms with E-state index < -0.39 is 18.0 Å². The van der Waals surface area contributed by atoms with Gasteiger partial charge in [0, 0.05) is 37.8 Å². The van der Waals surface area contributed by atoms with Crippen LogP contribution < -0.4 is 16.0 Å². The predicted octanol–water partition coefficient (Wildman–Crippen LogP) is 2.92. The number of nitrogens with zero attached hydrogens (tertiary/aromatic N) is 1. The predicted molar refractivity (Wildman–Crippen MR) is 141 cm³/mol. The average molecular weight is 519 g/mol. The van der Waals surface area contributed by atoms with Gasteiger partial charge < -0.3 is 31.3 Å². The lowest BCUT2D eigenvalue weighted by molar-refractivity contribution is -0.123. The molecule has 1 heterocycles. The Morgan fingerprint density at radius 1 is 0.921 bits per heavy atom. The molecule has 0 saturated carbocycles. The molecule has 0 spiro atoms. The minimum atomic E-state index is -1.07. The number of hydrogen-bond donors (Lipinski definition) is 6. The van der Waals surface area contributed by atoms with Gasteiger partial charge in [0.25, 0.3) is 0 Å². The highest BCUT2D eigenvalue weighted by molar-refractivity contribution is 5.94. The van der Waals surface area contributed by atoms with Crippen molar-refractivity contribution in [3.05, 3.63) is 89.5 Å². The van der Waals surface area contributed by atoms with Crippen LogP contribution in [0.4, 0.5) is 10.5 Å². The first kappa shape index (κ1) is 26.5. The minimum Gasteiger partial charge on any atom is -0.508 e. The number of urea groups is 1. The molecule has 4 rings (SSSR count). The third-order valence-electron chi connectivity index (χ3n) is 6.32. The van der Waals surface area contributed by atoms with Gasteiger partial charge in [0.2, 0.25) is 5.91 Å². The molecule has 0 radical (unpaired) electrons. The normalized spacial score (nSPS) is 15.9. The smallest absolute Gasteiger partial charge is 0.335 e. The van der Waals surface area contributed by atoms with Crippen LogP contribution in [0.2, 0.25) is 0 Å². The van der Waals surface area contributed by atoms with Gasteiger partial charge in [-0.3, -0.25) is 9.69 Å². The van der Waals surface area contributed by atoms with E-state index in [0.717, 1.165) is 24.1 Å². The second-order valence-electron chi connectivity index (χ2n) is 9.30. The summed E-state index contributed by atoms with van der Waals surface area (Å²) < 4.78 is 0. The minimum absolute atomic E-state index is 0.0928. The Hall–Kier alpha value is -4.57. The van der Waals surface area contributed by atoms with Crippen LogP contribution >= 0.6 is 0 Å². The van der Waals surface area contributed by atoms with Crippen LogP contribution in [0.25, 0.3) is 0 Å². The molecule has 3 amide bonds. The number of rotatable bonds is 9. The number of amides is 3. The van der Waals surface area contributed by atoms with Crippen molar-refractivity contribution in [3.63, 3.8) is 0 Å². The monoisotopic (exact) mass is 518 g/mol. The Balaban J connectivity index is 1.38. The van der Waals surface area contributed by atoms with E-state index in [1.54, 1.807) is 30.3 Å². The van der Waals surface area contributed by atoms with Crippen molar-refractivity contribution in [2.24, 2.45) is 0 Å². The molecule has 2 atom stereocenters. The fraction of sp³-hybridized carbons (Fsp3) is 0.250. The summed E-state index contributed by atoms with van der Waals surface area (Å²) in [5.41, 5.74) is 2.22. The summed E-state index contributed by atoms with van der Waals surface area (Å²) >= 11 is 0. The Morgan fingerprint density at radius 3 is 2.34 bits per heavy atom. The average Bonchev–Trinajstić information content (AvgIpc) is 3.31. The molecule has 3 aromatic rings. The van der Waals surface area contributed by atoms with Crippen LogP contribution in [0.5, 0.6) is 11.5 Å². The highest BCUT2D eigenvalue weighted by atomic mass is 16.4. The van der Waals surface area contributed by atoms with Gasteiger partial charge in [-0.2, -0.15) is 0 Å². The van der Waals surface area contributed by atoms with E-state index in [1.165, 1.54) is 36.4 Å². The van der Waals surface area contributed by atoms with Gasteiger partial charge in [-0.25, -0.2) is 9.59 Å². The number of aromatic hydroxyl groups is 2. The van der Waals surface area contributed by atoms with Gasteiger partial charge in [-0.1, -0.05) is 24.3 Å². The Labute approximate surface area is 219 Å². The van der Waals surface area contributed by atoms with E-state index in [4.69, 9.17) is 5.11 Å². The van der Waals surface area contributed by atoms with Gasteiger partial charge in [0.15, 0.2) is 0 Å². The number of phenols is 2. The molecule has 1 aliphatic heterocycles. The zero-order valence-corrected chi connectivity index (χ0v) is 20.6. The largest absolute Gasteiger partial charge is 0.508 e. The van der Waals surface area contributed by atoms with Crippen LogP contribution in [0, 0.1) is 0 Å². The van der Waals surface area contributed by atoms with Crippen molar-refractivity contribution in [1.29, 1.82) is 0 Å². The van der Waals surface area contributed by atoms with Crippen molar-refractivity contribution in [3.8, 4) is 11.5 Å². The fourth-order valence-electron chi connectivity index (χ4n) is 4.41. The lowest BCUT2D eigenvalue weighted by Crippen LogP contribution is -2.52. The van der Waals surface area contributed by atoms with E-state index in [1.807, 2.05) is 6.07 Å². The third-order valence-corrected chi connectivity index (χ3v) is 6.32. The van der Waals surface area contributed by atoms with Crippen molar-refractivity contribution in [2.75, 3.05) is 18.4 Å². The fourth-order valence-corrected chi connectivity index (χ4v) is 4.41. The zero-order valence-electron chi connectivity index (χ0n) is 20.6. The standard InChI is InChI=1S/C28H30N4O6/c33-23-10-4-18(5-11-23)15-25(31-28(38)30-21-8-6-20(7-9-21)27(36)37)26(35)29-22-12-13-32(17-22)16-19-2-1-3-24(34)14-19/h1-11,14,22,25,33-34H,12-13,15-17H2,(H,29,35)(H,36,37)(H2,30,31,38)/t22?,25-/m0/s1. The summed E-state index contributed by atoms with van der Waals surface area (Å²) in [6.45, 7) is 2.07. The Bertz CT molecular complexity index is 1280. The molecule has 0 aliphatic carbocycles. The quantitative estimate of drug-likeness (QED) is 0.255. The summed E-state index contributed by atoms with van der Waals surface area (Å²) in [4.78, 5) is 39.2. The Kier molecular flexibility index (Phi) is 8.44. The molecule has 10 heteroatoms. The number of hydrogen-bond acceptors (Lipinski definition) is 6. The molecule has 0 bridgehead atoms. The van der Waals surface area contributed by atoms with E-state index in [9.17, 15) is 24.6 Å². The van der Waals surface area contributed by atoms with Gasteiger partial charge >= 0.3 is 12.0 Å². The van der Waals surface area contributed by atoms with Crippen molar-refractivity contribution in [1.82, 2.24) is 15.5 Å². The number of benzene rings is 3. The SMILES string of the molecule is O=C(Nc1ccc(C(=O)O)cc1)N[C@@H](Cc1ccc(O)cc1)C(=O)NC1CCN(Cc2cccc(O)c2)C1. The third kappa shape index (κ3) is 7.47. The summed E-state index contributed by atoms with van der Waals surface area (Å²) in [6.07, 6.45) is 0.954. The molecule has 38 heavy (non-hydrogen) atoms. The number of aromatic carboxylic acids is 1. The molecule has 6 N–H and O–H groups in total. The molecule has 1 fully saturated rings. The zero-order chi connectivity index (χ0) is 27.1. The molecule has 0 aromatic heterocycles. The highest BCUT2D eigenvalue weighted by Gasteiger charge is 2.28. The van der Waals surface area contributed by atoms with Crippen molar-refractivity contribution < 1.29 is 29.7 Å². The number of phenolic OH excluding ortho intramolecular Hbond substituents is 2. The van der Waals surface area contributed by atoms with E-state index in [-0.39, 0.29) is 35.4 Å². The number of carboxylic acid groups (broad SMARTS) is 1. The first-order chi connectivity index (χ1) is 18.2. The van der Waals surface area contributed by atoms with Crippen LogP contribution in [0.15, 0.2) is 72.8 Å². The molecule has 1 saturated heterocycles. The van der Waals surface area contributed by atoms with Gasteiger partial charge in [-0.15, -0.1) is 0 Å². The molecule has 1 unspecified atom stereocenters. The van der Waals surface area contributed by atoms with E-state index in [2.05, 4.69) is 20.9 Å². The summed E-state index contributed by atoms with van der Waals surface area (Å²) in [5.74, 6) is -1.09. The number of likely N-dealkylation sites (tertiary alicyclic amines) is 1. The van der Waals surface area contributed by atoms with Gasteiger partial charge in [0.05, 0.1) is 5.56 Å². The number of carbonyl (C=O) groups is 3. The van der Waals surface area contributed by atoms with Crippen LogP contribution in [-0.2, 0) is 17.8 Å². The molecule has 1 aliphatic rings. The van der Waals surface area contributed by atoms with Crippen LogP contribution in [0.1, 0.15) is 27.9 Å². The molecule has 10 nitrogen and oxygen atoms in total.